The standard InChI is InChI=1S/C18H19N3O2/c1-4-15-16(21-11-5-6-12(2)17(21)20-15)18(22)19-13-7-9-14(23-3)10-8-13/h5-11H,4H2,1-3H3,(H,19,22). The largest absolute Gasteiger partial charge is 0.497 e. The van der Waals surface area contributed by atoms with Crippen molar-refractivity contribution in [3.05, 3.63) is 59.5 Å². The minimum atomic E-state index is -0.162. The Bertz CT molecular complexity index is 851. The van der Waals surface area contributed by atoms with Gasteiger partial charge < -0.3 is 10.1 Å². The van der Waals surface area contributed by atoms with E-state index in [2.05, 4.69) is 10.3 Å². The molecule has 0 aliphatic heterocycles. The number of hydrogen-bond acceptors (Lipinski definition) is 3. The van der Waals surface area contributed by atoms with E-state index in [4.69, 9.17) is 4.74 Å². The molecule has 0 fully saturated rings. The Labute approximate surface area is 134 Å². The second-order valence-corrected chi connectivity index (χ2v) is 5.33. The molecule has 0 aliphatic carbocycles. The third-order valence-corrected chi connectivity index (χ3v) is 3.82. The van der Waals surface area contributed by atoms with Gasteiger partial charge in [-0.3, -0.25) is 9.20 Å². The van der Waals surface area contributed by atoms with Crippen LogP contribution in [0.1, 0.15) is 28.7 Å². The number of hydrogen-bond donors (Lipinski definition) is 1. The van der Waals surface area contributed by atoms with Crippen molar-refractivity contribution in [2.45, 2.75) is 20.3 Å². The molecule has 0 saturated heterocycles. The lowest BCUT2D eigenvalue weighted by atomic mass is 10.2. The van der Waals surface area contributed by atoms with Crippen LogP contribution in [0.15, 0.2) is 42.6 Å². The molecule has 0 radical (unpaired) electrons. The topological polar surface area (TPSA) is 55.6 Å². The second-order valence-electron chi connectivity index (χ2n) is 5.33. The number of ether oxygens (including phenoxy) is 1. The number of fused-ring (bicyclic) bond motifs is 1. The fourth-order valence-electron chi connectivity index (χ4n) is 2.60. The number of methoxy groups -OCH3 is 1. The quantitative estimate of drug-likeness (QED) is 0.803. The lowest BCUT2D eigenvalue weighted by molar-refractivity contribution is 0.102. The molecule has 0 bridgehead atoms. The number of amides is 1. The van der Waals surface area contributed by atoms with Gasteiger partial charge in [-0.15, -0.1) is 0 Å². The van der Waals surface area contributed by atoms with E-state index in [0.717, 1.165) is 28.3 Å². The molecule has 0 saturated carbocycles. The van der Waals surface area contributed by atoms with Gasteiger partial charge >= 0.3 is 0 Å². The van der Waals surface area contributed by atoms with Crippen LogP contribution in [0.4, 0.5) is 5.69 Å². The number of nitrogens with one attached hydrogen (secondary N) is 1. The molecule has 5 nitrogen and oxygen atoms in total. The smallest absolute Gasteiger partial charge is 0.274 e. The van der Waals surface area contributed by atoms with Crippen molar-refractivity contribution in [1.82, 2.24) is 9.38 Å². The average Bonchev–Trinajstić information content (AvgIpc) is 2.95. The van der Waals surface area contributed by atoms with Gasteiger partial charge in [0.25, 0.3) is 5.91 Å². The monoisotopic (exact) mass is 309 g/mol. The van der Waals surface area contributed by atoms with E-state index in [1.54, 1.807) is 7.11 Å². The predicted molar refractivity (Wildman–Crippen MR) is 90.3 cm³/mol. The maximum Gasteiger partial charge on any atom is 0.274 e. The number of aryl methyl sites for hydroxylation is 2. The zero-order chi connectivity index (χ0) is 16.4. The normalized spacial score (nSPS) is 10.7. The van der Waals surface area contributed by atoms with E-state index in [1.807, 2.05) is 60.8 Å². The van der Waals surface area contributed by atoms with Gasteiger partial charge in [-0.2, -0.15) is 0 Å². The highest BCUT2D eigenvalue weighted by Gasteiger charge is 2.19. The van der Waals surface area contributed by atoms with Crippen LogP contribution in [0.5, 0.6) is 5.75 Å². The molecule has 0 atom stereocenters. The molecule has 3 rings (SSSR count). The molecule has 1 amide bonds. The Hall–Kier alpha value is -2.82. The molecule has 1 N–H and O–H groups in total. The van der Waals surface area contributed by atoms with Crippen LogP contribution < -0.4 is 10.1 Å². The number of benzene rings is 1. The number of pyridine rings is 1. The molecular weight excluding hydrogens is 290 g/mol. The van der Waals surface area contributed by atoms with Crippen LogP contribution in [0.2, 0.25) is 0 Å². The van der Waals surface area contributed by atoms with E-state index >= 15 is 0 Å². The third kappa shape index (κ3) is 2.77. The summed E-state index contributed by atoms with van der Waals surface area (Å²) in [4.78, 5) is 17.3. The molecule has 0 aliphatic rings. The highest BCUT2D eigenvalue weighted by atomic mass is 16.5. The van der Waals surface area contributed by atoms with E-state index in [0.29, 0.717) is 12.1 Å². The maximum atomic E-state index is 12.7. The zero-order valence-electron chi connectivity index (χ0n) is 13.5. The molecule has 2 heterocycles. The summed E-state index contributed by atoms with van der Waals surface area (Å²) in [5, 5.41) is 2.93. The summed E-state index contributed by atoms with van der Waals surface area (Å²) in [6.07, 6.45) is 2.57. The summed E-state index contributed by atoms with van der Waals surface area (Å²) < 4.78 is 6.98. The summed E-state index contributed by atoms with van der Waals surface area (Å²) in [6, 6.07) is 11.2. The molecule has 2 aromatic heterocycles. The van der Waals surface area contributed by atoms with Crippen molar-refractivity contribution in [3.8, 4) is 5.75 Å². The van der Waals surface area contributed by atoms with Gasteiger partial charge in [0.05, 0.1) is 12.8 Å². The fourth-order valence-corrected chi connectivity index (χ4v) is 2.60. The maximum absolute atomic E-state index is 12.7. The average molecular weight is 309 g/mol. The number of nitrogens with zero attached hydrogens (tertiary/aromatic N) is 2. The van der Waals surface area contributed by atoms with Crippen molar-refractivity contribution in [3.63, 3.8) is 0 Å². The first-order chi connectivity index (χ1) is 11.1. The minimum absolute atomic E-state index is 0.162. The van der Waals surface area contributed by atoms with Crippen molar-refractivity contribution < 1.29 is 9.53 Å². The first-order valence-electron chi connectivity index (χ1n) is 7.56. The molecule has 5 heteroatoms. The summed E-state index contributed by atoms with van der Waals surface area (Å²) in [6.45, 7) is 3.99. The van der Waals surface area contributed by atoms with E-state index in [-0.39, 0.29) is 5.91 Å². The molecule has 3 aromatic rings. The van der Waals surface area contributed by atoms with Crippen LogP contribution in [-0.4, -0.2) is 22.4 Å². The van der Waals surface area contributed by atoms with Gasteiger partial charge in [-0.05, 0) is 49.2 Å². The number of imidazole rings is 1. The molecule has 1 aromatic carbocycles. The lowest BCUT2D eigenvalue weighted by Crippen LogP contribution is -2.16. The van der Waals surface area contributed by atoms with Gasteiger partial charge in [0.2, 0.25) is 0 Å². The van der Waals surface area contributed by atoms with Crippen LogP contribution >= 0.6 is 0 Å². The second kappa shape index (κ2) is 6.12. The highest BCUT2D eigenvalue weighted by molar-refractivity contribution is 6.04. The van der Waals surface area contributed by atoms with E-state index in [1.165, 1.54) is 0 Å². The lowest BCUT2D eigenvalue weighted by Gasteiger charge is -2.08. The van der Waals surface area contributed by atoms with Gasteiger partial charge in [-0.25, -0.2) is 4.98 Å². The summed E-state index contributed by atoms with van der Waals surface area (Å²) >= 11 is 0. The predicted octanol–water partition coefficient (Wildman–Crippen LogP) is 3.47. The molecule has 118 valence electrons. The fraction of sp³-hybridized carbons (Fsp3) is 0.222. The van der Waals surface area contributed by atoms with Gasteiger partial charge in [0.1, 0.15) is 17.1 Å². The van der Waals surface area contributed by atoms with Crippen LogP contribution in [0.3, 0.4) is 0 Å². The Balaban J connectivity index is 1.98. The van der Waals surface area contributed by atoms with Gasteiger partial charge in [-0.1, -0.05) is 13.0 Å². The number of carbonyl (C=O) groups excluding carboxylic acids is 1. The Morgan fingerprint density at radius 3 is 2.65 bits per heavy atom. The van der Waals surface area contributed by atoms with Crippen molar-refractivity contribution in [2.24, 2.45) is 0 Å². The Morgan fingerprint density at radius 2 is 2.00 bits per heavy atom. The van der Waals surface area contributed by atoms with E-state index in [9.17, 15) is 4.79 Å². The van der Waals surface area contributed by atoms with Crippen LogP contribution in [0, 0.1) is 6.92 Å². The Morgan fingerprint density at radius 1 is 1.26 bits per heavy atom. The SMILES string of the molecule is CCc1nc2c(C)cccn2c1C(=O)Nc1ccc(OC)cc1. The third-order valence-electron chi connectivity index (χ3n) is 3.82. The first kappa shape index (κ1) is 15.1. The first-order valence-corrected chi connectivity index (χ1v) is 7.56. The number of rotatable bonds is 4. The van der Waals surface area contributed by atoms with Crippen molar-refractivity contribution in [1.29, 1.82) is 0 Å². The van der Waals surface area contributed by atoms with Crippen LogP contribution in [0.25, 0.3) is 5.65 Å². The van der Waals surface area contributed by atoms with Gasteiger partial charge in [0.15, 0.2) is 0 Å². The van der Waals surface area contributed by atoms with Crippen molar-refractivity contribution in [2.75, 3.05) is 12.4 Å². The zero-order valence-corrected chi connectivity index (χ0v) is 13.5. The van der Waals surface area contributed by atoms with E-state index < -0.39 is 0 Å². The summed E-state index contributed by atoms with van der Waals surface area (Å²) in [5.41, 5.74) is 3.97. The Kier molecular flexibility index (Phi) is 4.02. The number of carbonyl (C=O) groups is 1. The molecule has 23 heavy (non-hydrogen) atoms. The highest BCUT2D eigenvalue weighted by Crippen LogP contribution is 2.20. The molecule has 0 spiro atoms. The summed E-state index contributed by atoms with van der Waals surface area (Å²) in [7, 11) is 1.61. The number of anilines is 1. The molecule has 0 unspecified atom stereocenters. The number of aromatic nitrogens is 2. The minimum Gasteiger partial charge on any atom is -0.497 e. The molecular formula is C18H19N3O2. The van der Waals surface area contributed by atoms with Gasteiger partial charge in [0, 0.05) is 11.9 Å². The van der Waals surface area contributed by atoms with Crippen molar-refractivity contribution >= 4 is 17.2 Å². The van der Waals surface area contributed by atoms with Crippen LogP contribution in [-0.2, 0) is 6.42 Å². The summed E-state index contributed by atoms with van der Waals surface area (Å²) in [5.74, 6) is 0.591.